The largest absolute Gasteiger partial charge is 0.462 e. The number of nitrogens with two attached hydrogens (primary N) is 2. The molecule has 0 aliphatic rings. The van der Waals surface area contributed by atoms with Crippen LogP contribution in [0.3, 0.4) is 0 Å². The molecule has 0 radical (unpaired) electrons. The van der Waals surface area contributed by atoms with E-state index in [4.69, 9.17) is 25.7 Å². The Morgan fingerprint density at radius 2 is 1.67 bits per heavy atom. The van der Waals surface area contributed by atoms with E-state index in [-0.39, 0.29) is 19.1 Å². The molecule has 0 aromatic heterocycles. The second-order valence-corrected chi connectivity index (χ2v) is 6.34. The lowest BCUT2D eigenvalue weighted by molar-refractivity contribution is -0.138. The third kappa shape index (κ3) is 9.70. The SMILES string of the molecule is C=CC(=O)OCCC(OC(N)=O)C(C)(C)CC(C)CCOC(N)=O. The van der Waals surface area contributed by atoms with Crippen LogP contribution in [-0.2, 0) is 19.0 Å². The van der Waals surface area contributed by atoms with Gasteiger partial charge in [0.1, 0.15) is 6.10 Å². The molecule has 0 aromatic carbocycles. The maximum atomic E-state index is 11.1. The third-order valence-electron chi connectivity index (χ3n) is 3.65. The fourth-order valence-electron chi connectivity index (χ4n) is 2.57. The van der Waals surface area contributed by atoms with Crippen LogP contribution in [0.4, 0.5) is 9.59 Å². The number of esters is 1. The number of hydrogen-bond donors (Lipinski definition) is 2. The van der Waals surface area contributed by atoms with Gasteiger partial charge in [-0.3, -0.25) is 0 Å². The summed E-state index contributed by atoms with van der Waals surface area (Å²) in [6.07, 6.45) is 0.486. The van der Waals surface area contributed by atoms with E-state index in [1.807, 2.05) is 20.8 Å². The van der Waals surface area contributed by atoms with Gasteiger partial charge < -0.3 is 25.7 Å². The number of carbonyl (C=O) groups excluding carboxylic acids is 3. The summed E-state index contributed by atoms with van der Waals surface area (Å²) in [6, 6.07) is 0. The summed E-state index contributed by atoms with van der Waals surface area (Å²) >= 11 is 0. The second-order valence-electron chi connectivity index (χ2n) is 6.34. The van der Waals surface area contributed by atoms with E-state index in [2.05, 4.69) is 6.58 Å². The Balaban J connectivity index is 4.63. The standard InChI is InChI=1S/C16H28N2O6/c1-5-13(19)22-9-7-12(24-15(18)21)16(3,4)10-11(2)6-8-23-14(17)20/h5,11-12H,1,6-10H2,2-4H3,(H2,17,20)(H2,18,21). The Morgan fingerprint density at radius 3 is 2.17 bits per heavy atom. The van der Waals surface area contributed by atoms with Gasteiger partial charge in [-0.1, -0.05) is 27.4 Å². The average Bonchev–Trinajstić information content (AvgIpc) is 2.44. The summed E-state index contributed by atoms with van der Waals surface area (Å²) in [5.41, 5.74) is 9.64. The highest BCUT2D eigenvalue weighted by Gasteiger charge is 2.33. The van der Waals surface area contributed by atoms with E-state index in [9.17, 15) is 14.4 Å². The number of ether oxygens (including phenoxy) is 3. The van der Waals surface area contributed by atoms with Gasteiger partial charge in [0.15, 0.2) is 0 Å². The van der Waals surface area contributed by atoms with Crippen molar-refractivity contribution < 1.29 is 28.6 Å². The minimum absolute atomic E-state index is 0.0887. The molecule has 0 rings (SSSR count). The molecule has 0 aromatic rings. The molecule has 0 heterocycles. The van der Waals surface area contributed by atoms with Gasteiger partial charge in [-0.25, -0.2) is 14.4 Å². The van der Waals surface area contributed by atoms with Gasteiger partial charge in [0.2, 0.25) is 0 Å². The Hall–Kier alpha value is -2.25. The molecule has 0 saturated heterocycles. The van der Waals surface area contributed by atoms with Gasteiger partial charge in [0, 0.05) is 17.9 Å². The van der Waals surface area contributed by atoms with E-state index in [1.165, 1.54) is 0 Å². The summed E-state index contributed by atoms with van der Waals surface area (Å²) in [5.74, 6) is -0.350. The van der Waals surface area contributed by atoms with Crippen molar-refractivity contribution in [2.75, 3.05) is 13.2 Å². The van der Waals surface area contributed by atoms with Crippen LogP contribution in [0.5, 0.6) is 0 Å². The molecule has 0 aliphatic heterocycles. The number of hydrogen-bond acceptors (Lipinski definition) is 6. The monoisotopic (exact) mass is 344 g/mol. The summed E-state index contributed by atoms with van der Waals surface area (Å²) < 4.78 is 14.8. The maximum absolute atomic E-state index is 11.1. The highest BCUT2D eigenvalue weighted by molar-refractivity contribution is 5.81. The number of primary amides is 2. The van der Waals surface area contributed by atoms with Crippen LogP contribution >= 0.6 is 0 Å². The van der Waals surface area contributed by atoms with Crippen LogP contribution in [0.25, 0.3) is 0 Å². The molecule has 0 spiro atoms. The van der Waals surface area contributed by atoms with E-state index < -0.39 is 29.7 Å². The lowest BCUT2D eigenvalue weighted by Crippen LogP contribution is -2.38. The van der Waals surface area contributed by atoms with Crippen LogP contribution in [0.2, 0.25) is 0 Å². The third-order valence-corrected chi connectivity index (χ3v) is 3.65. The molecular formula is C16H28N2O6. The Labute approximate surface area is 142 Å². The van der Waals surface area contributed by atoms with Crippen molar-refractivity contribution in [2.45, 2.75) is 46.1 Å². The van der Waals surface area contributed by atoms with Crippen molar-refractivity contribution in [1.82, 2.24) is 0 Å². The van der Waals surface area contributed by atoms with Crippen LogP contribution in [0.15, 0.2) is 12.7 Å². The van der Waals surface area contributed by atoms with Crippen LogP contribution in [-0.4, -0.2) is 37.5 Å². The minimum atomic E-state index is -0.882. The predicted octanol–water partition coefficient (Wildman–Crippen LogP) is 2.11. The molecule has 138 valence electrons. The molecule has 8 heteroatoms. The smallest absolute Gasteiger partial charge is 0.404 e. The van der Waals surface area contributed by atoms with Crippen molar-refractivity contribution in [3.63, 3.8) is 0 Å². The predicted molar refractivity (Wildman–Crippen MR) is 87.9 cm³/mol. The van der Waals surface area contributed by atoms with Crippen molar-refractivity contribution in [2.24, 2.45) is 22.8 Å². The molecule has 0 aliphatic carbocycles. The zero-order chi connectivity index (χ0) is 18.8. The zero-order valence-electron chi connectivity index (χ0n) is 14.6. The van der Waals surface area contributed by atoms with E-state index in [0.717, 1.165) is 6.08 Å². The number of rotatable bonds is 11. The molecule has 4 N–H and O–H groups in total. The first-order chi connectivity index (χ1) is 11.1. The molecule has 0 saturated carbocycles. The number of amides is 2. The summed E-state index contributed by atoms with van der Waals surface area (Å²) in [6.45, 7) is 9.48. The normalized spacial score (nSPS) is 13.5. The fraction of sp³-hybridized carbons (Fsp3) is 0.688. The molecule has 2 unspecified atom stereocenters. The fourth-order valence-corrected chi connectivity index (χ4v) is 2.57. The minimum Gasteiger partial charge on any atom is -0.462 e. The summed E-state index contributed by atoms with van der Waals surface area (Å²) in [5, 5.41) is 0. The molecule has 8 nitrogen and oxygen atoms in total. The average molecular weight is 344 g/mol. The second kappa shape index (κ2) is 10.5. The molecule has 0 bridgehead atoms. The first-order valence-electron chi connectivity index (χ1n) is 7.76. The lowest BCUT2D eigenvalue weighted by Gasteiger charge is -2.35. The van der Waals surface area contributed by atoms with Crippen LogP contribution in [0.1, 0.15) is 40.0 Å². The van der Waals surface area contributed by atoms with Gasteiger partial charge >= 0.3 is 18.2 Å². The molecule has 2 amide bonds. The highest BCUT2D eigenvalue weighted by Crippen LogP contribution is 2.34. The Kier molecular flexibility index (Phi) is 9.53. The van der Waals surface area contributed by atoms with Crippen molar-refractivity contribution in [1.29, 1.82) is 0 Å². The molecule has 2 atom stereocenters. The quantitative estimate of drug-likeness (QED) is 0.335. The van der Waals surface area contributed by atoms with Gasteiger partial charge in [0.05, 0.1) is 13.2 Å². The Morgan fingerprint density at radius 1 is 1.08 bits per heavy atom. The van der Waals surface area contributed by atoms with Gasteiger partial charge in [-0.15, -0.1) is 0 Å². The van der Waals surface area contributed by atoms with Crippen molar-refractivity contribution in [3.8, 4) is 0 Å². The zero-order valence-corrected chi connectivity index (χ0v) is 14.6. The lowest BCUT2D eigenvalue weighted by atomic mass is 9.76. The summed E-state index contributed by atoms with van der Waals surface area (Å²) in [4.78, 5) is 32.8. The number of carbonyl (C=O) groups is 3. The molecular weight excluding hydrogens is 316 g/mol. The van der Waals surface area contributed by atoms with Crippen molar-refractivity contribution in [3.05, 3.63) is 12.7 Å². The van der Waals surface area contributed by atoms with Gasteiger partial charge in [-0.05, 0) is 18.8 Å². The first-order valence-corrected chi connectivity index (χ1v) is 7.76. The van der Waals surface area contributed by atoms with Gasteiger partial charge in [-0.2, -0.15) is 0 Å². The van der Waals surface area contributed by atoms with Gasteiger partial charge in [0.25, 0.3) is 0 Å². The van der Waals surface area contributed by atoms with E-state index in [1.54, 1.807) is 0 Å². The van der Waals surface area contributed by atoms with E-state index >= 15 is 0 Å². The molecule has 24 heavy (non-hydrogen) atoms. The topological polar surface area (TPSA) is 131 Å². The molecule has 0 fully saturated rings. The maximum Gasteiger partial charge on any atom is 0.404 e. The summed E-state index contributed by atoms with van der Waals surface area (Å²) in [7, 11) is 0. The first kappa shape index (κ1) is 21.8. The van der Waals surface area contributed by atoms with Crippen molar-refractivity contribution >= 4 is 18.2 Å². The van der Waals surface area contributed by atoms with Crippen LogP contribution in [0, 0.1) is 11.3 Å². The highest BCUT2D eigenvalue weighted by atomic mass is 16.6. The Bertz CT molecular complexity index is 450. The van der Waals surface area contributed by atoms with Crippen LogP contribution < -0.4 is 11.5 Å². The van der Waals surface area contributed by atoms with E-state index in [0.29, 0.717) is 19.3 Å².